The number of nitrogens with two attached hydrogens (primary N) is 1. The molecule has 0 aromatic carbocycles. The van der Waals surface area contributed by atoms with Gasteiger partial charge in [-0.05, 0) is 13.8 Å². The van der Waals surface area contributed by atoms with E-state index in [0.29, 0.717) is 6.42 Å². The Balaban J connectivity index is 2.01. The van der Waals surface area contributed by atoms with Gasteiger partial charge in [0.05, 0.1) is 0 Å². The molecular weight excluding hydrogens is 174 g/mol. The molecule has 0 aromatic heterocycles. The lowest BCUT2D eigenvalue weighted by Gasteiger charge is -2.19. The SMILES string of the molecule is CC1(C)OC2O[C@H](C(N)=O)C[C@@H]2O1. The van der Waals surface area contributed by atoms with Crippen LogP contribution in [0.4, 0.5) is 0 Å². The van der Waals surface area contributed by atoms with Crippen molar-refractivity contribution < 1.29 is 19.0 Å². The maximum atomic E-state index is 10.8. The minimum absolute atomic E-state index is 0.160. The Bertz CT molecular complexity index is 224. The fraction of sp³-hybridized carbons (Fsp3) is 0.875. The van der Waals surface area contributed by atoms with Gasteiger partial charge in [-0.25, -0.2) is 0 Å². The number of amides is 1. The third-order valence-corrected chi connectivity index (χ3v) is 2.20. The van der Waals surface area contributed by atoms with Crippen LogP contribution in [0.25, 0.3) is 0 Å². The van der Waals surface area contributed by atoms with Crippen LogP contribution in [0.1, 0.15) is 20.3 Å². The highest BCUT2D eigenvalue weighted by Crippen LogP contribution is 2.36. The van der Waals surface area contributed by atoms with Crippen molar-refractivity contribution in [3.8, 4) is 0 Å². The third kappa shape index (κ3) is 1.54. The zero-order valence-electron chi connectivity index (χ0n) is 7.65. The van der Waals surface area contributed by atoms with Gasteiger partial charge in [-0.2, -0.15) is 0 Å². The zero-order valence-corrected chi connectivity index (χ0v) is 7.65. The average molecular weight is 187 g/mol. The van der Waals surface area contributed by atoms with Crippen molar-refractivity contribution in [3.05, 3.63) is 0 Å². The van der Waals surface area contributed by atoms with Gasteiger partial charge in [-0.1, -0.05) is 0 Å². The van der Waals surface area contributed by atoms with Gasteiger partial charge in [0.25, 0.3) is 0 Å². The summed E-state index contributed by atoms with van der Waals surface area (Å²) in [7, 11) is 0. The molecule has 2 rings (SSSR count). The van der Waals surface area contributed by atoms with Crippen LogP contribution < -0.4 is 5.73 Å². The molecule has 5 nitrogen and oxygen atoms in total. The number of hydrogen-bond donors (Lipinski definition) is 1. The van der Waals surface area contributed by atoms with Gasteiger partial charge in [0.15, 0.2) is 12.1 Å². The topological polar surface area (TPSA) is 70.8 Å². The van der Waals surface area contributed by atoms with E-state index in [-0.39, 0.29) is 6.10 Å². The molecule has 74 valence electrons. The van der Waals surface area contributed by atoms with Crippen LogP contribution in [0, 0.1) is 0 Å². The Kier molecular flexibility index (Phi) is 1.83. The van der Waals surface area contributed by atoms with Gasteiger partial charge < -0.3 is 19.9 Å². The summed E-state index contributed by atoms with van der Waals surface area (Å²) < 4.78 is 16.2. The fourth-order valence-electron chi connectivity index (χ4n) is 1.69. The van der Waals surface area contributed by atoms with Gasteiger partial charge in [-0.3, -0.25) is 4.79 Å². The molecule has 2 N–H and O–H groups in total. The monoisotopic (exact) mass is 187 g/mol. The molecule has 2 saturated heterocycles. The summed E-state index contributed by atoms with van der Waals surface area (Å²) in [5.41, 5.74) is 5.09. The first kappa shape index (κ1) is 8.93. The number of hydrogen-bond acceptors (Lipinski definition) is 4. The molecule has 0 saturated carbocycles. The molecule has 2 aliphatic rings. The van der Waals surface area contributed by atoms with Crippen molar-refractivity contribution in [2.45, 2.75) is 44.6 Å². The number of carbonyl (C=O) groups excluding carboxylic acids is 1. The molecule has 5 heteroatoms. The summed E-state index contributed by atoms with van der Waals surface area (Å²) in [6.07, 6.45) is -0.672. The molecule has 2 fully saturated rings. The lowest BCUT2D eigenvalue weighted by Crippen LogP contribution is -2.31. The first-order valence-electron chi connectivity index (χ1n) is 4.28. The van der Waals surface area contributed by atoms with Crippen molar-refractivity contribution in [2.24, 2.45) is 5.73 Å². The molecule has 3 atom stereocenters. The van der Waals surface area contributed by atoms with E-state index in [0.717, 1.165) is 0 Å². The zero-order chi connectivity index (χ0) is 9.64. The molecular formula is C8H13NO4. The first-order valence-corrected chi connectivity index (χ1v) is 4.28. The Labute approximate surface area is 76.1 Å². The van der Waals surface area contributed by atoms with Crippen LogP contribution in [-0.2, 0) is 19.0 Å². The summed E-state index contributed by atoms with van der Waals surface area (Å²) in [5, 5.41) is 0. The van der Waals surface area contributed by atoms with Crippen LogP contribution in [0.5, 0.6) is 0 Å². The van der Waals surface area contributed by atoms with Crippen molar-refractivity contribution in [1.82, 2.24) is 0 Å². The Hall–Kier alpha value is -0.650. The summed E-state index contributed by atoms with van der Waals surface area (Å²) in [6, 6.07) is 0. The lowest BCUT2D eigenvalue weighted by molar-refractivity contribution is -0.205. The minimum Gasteiger partial charge on any atom is -0.367 e. The minimum atomic E-state index is -0.613. The number of carbonyl (C=O) groups is 1. The molecule has 0 spiro atoms. The largest absolute Gasteiger partial charge is 0.367 e. The van der Waals surface area contributed by atoms with E-state index in [1.807, 2.05) is 13.8 Å². The summed E-state index contributed by atoms with van der Waals surface area (Å²) >= 11 is 0. The van der Waals surface area contributed by atoms with Crippen molar-refractivity contribution in [3.63, 3.8) is 0 Å². The molecule has 2 aliphatic heterocycles. The van der Waals surface area contributed by atoms with Crippen LogP contribution >= 0.6 is 0 Å². The van der Waals surface area contributed by atoms with E-state index >= 15 is 0 Å². The molecule has 1 amide bonds. The first-order chi connectivity index (χ1) is 5.98. The van der Waals surface area contributed by atoms with E-state index in [2.05, 4.69) is 0 Å². The second kappa shape index (κ2) is 2.67. The van der Waals surface area contributed by atoms with Crippen LogP contribution in [0.2, 0.25) is 0 Å². The van der Waals surface area contributed by atoms with Crippen LogP contribution in [-0.4, -0.2) is 30.2 Å². The molecule has 0 bridgehead atoms. The predicted molar refractivity (Wildman–Crippen MR) is 42.5 cm³/mol. The van der Waals surface area contributed by atoms with Gasteiger partial charge in [0, 0.05) is 6.42 Å². The van der Waals surface area contributed by atoms with E-state index in [4.69, 9.17) is 19.9 Å². The molecule has 13 heavy (non-hydrogen) atoms. The van der Waals surface area contributed by atoms with Crippen molar-refractivity contribution in [1.29, 1.82) is 0 Å². The van der Waals surface area contributed by atoms with Gasteiger partial charge in [0.1, 0.15) is 12.2 Å². The van der Waals surface area contributed by atoms with Gasteiger partial charge in [0.2, 0.25) is 5.91 Å². The maximum Gasteiger partial charge on any atom is 0.246 e. The molecule has 0 radical (unpaired) electrons. The summed E-state index contributed by atoms with van der Waals surface area (Å²) in [5.74, 6) is -1.07. The highest BCUT2D eigenvalue weighted by atomic mass is 16.8. The maximum absolute atomic E-state index is 10.8. The molecule has 2 heterocycles. The number of rotatable bonds is 1. The third-order valence-electron chi connectivity index (χ3n) is 2.20. The smallest absolute Gasteiger partial charge is 0.246 e. The number of ether oxygens (including phenoxy) is 3. The van der Waals surface area contributed by atoms with E-state index < -0.39 is 24.1 Å². The van der Waals surface area contributed by atoms with Gasteiger partial charge in [-0.15, -0.1) is 0 Å². The summed E-state index contributed by atoms with van der Waals surface area (Å²) in [6.45, 7) is 3.63. The predicted octanol–water partition coefficient (Wildman–Crippen LogP) is -0.262. The fourth-order valence-corrected chi connectivity index (χ4v) is 1.69. The van der Waals surface area contributed by atoms with Crippen molar-refractivity contribution >= 4 is 5.91 Å². The number of fused-ring (bicyclic) bond motifs is 1. The van der Waals surface area contributed by atoms with Gasteiger partial charge >= 0.3 is 0 Å². The highest BCUT2D eigenvalue weighted by molar-refractivity contribution is 5.79. The van der Waals surface area contributed by atoms with E-state index in [1.54, 1.807) is 0 Å². The van der Waals surface area contributed by atoms with Crippen LogP contribution in [0.15, 0.2) is 0 Å². The van der Waals surface area contributed by atoms with E-state index in [9.17, 15) is 4.79 Å². The van der Waals surface area contributed by atoms with Crippen LogP contribution in [0.3, 0.4) is 0 Å². The second-order valence-electron chi connectivity index (χ2n) is 3.81. The van der Waals surface area contributed by atoms with E-state index in [1.165, 1.54) is 0 Å². The standard InChI is InChI=1S/C8H13NO4/c1-8(2)12-5-3-4(6(9)10)11-7(5)13-8/h4-5,7H,3H2,1-2H3,(H2,9,10)/t4-,5-,7?/m0/s1. The second-order valence-corrected chi connectivity index (χ2v) is 3.81. The highest BCUT2D eigenvalue weighted by Gasteiger charge is 2.49. The Morgan fingerprint density at radius 3 is 2.69 bits per heavy atom. The normalized spacial score (nSPS) is 41.8. The number of primary amides is 1. The molecule has 0 aromatic rings. The average Bonchev–Trinajstić information content (AvgIpc) is 2.39. The molecule has 1 unspecified atom stereocenters. The van der Waals surface area contributed by atoms with Crippen molar-refractivity contribution in [2.75, 3.05) is 0 Å². The summed E-state index contributed by atoms with van der Waals surface area (Å²) in [4.78, 5) is 10.8. The Morgan fingerprint density at radius 2 is 2.15 bits per heavy atom. The Morgan fingerprint density at radius 1 is 1.46 bits per heavy atom. The molecule has 0 aliphatic carbocycles. The lowest BCUT2D eigenvalue weighted by atomic mass is 10.2. The quantitative estimate of drug-likeness (QED) is 0.613.